The number of hydrogen-bond donors (Lipinski definition) is 0. The fourth-order valence-electron chi connectivity index (χ4n) is 3.27. The van der Waals surface area contributed by atoms with Crippen LogP contribution in [-0.2, 0) is 10.0 Å². The van der Waals surface area contributed by atoms with Gasteiger partial charge in [-0.15, -0.1) is 0 Å². The third kappa shape index (κ3) is 3.21. The number of aromatic nitrogens is 1. The highest BCUT2D eigenvalue weighted by Gasteiger charge is 2.38. The maximum atomic E-state index is 14.3. The summed E-state index contributed by atoms with van der Waals surface area (Å²) in [4.78, 5) is 37.2. The first-order valence-electron chi connectivity index (χ1n) is 8.87. The van der Waals surface area contributed by atoms with Crippen molar-refractivity contribution in [1.82, 2.24) is 3.97 Å². The van der Waals surface area contributed by atoms with Crippen molar-refractivity contribution in [3.05, 3.63) is 100 Å². The summed E-state index contributed by atoms with van der Waals surface area (Å²) >= 11 is 0. The highest BCUT2D eigenvalue weighted by molar-refractivity contribution is 7.90. The van der Waals surface area contributed by atoms with Crippen LogP contribution in [-0.4, -0.2) is 29.7 Å². The van der Waals surface area contributed by atoms with E-state index in [4.69, 9.17) is 0 Å². The van der Waals surface area contributed by atoms with Gasteiger partial charge in [0.2, 0.25) is 17.4 Å². The number of hydrogen-bond acceptors (Lipinski definition) is 5. The molecule has 0 saturated heterocycles. The Morgan fingerprint density at radius 1 is 0.758 bits per heavy atom. The molecule has 4 rings (SSSR count). The average Bonchev–Trinajstić information content (AvgIpc) is 3.22. The van der Waals surface area contributed by atoms with Crippen molar-refractivity contribution in [1.29, 1.82) is 0 Å². The molecule has 0 bridgehead atoms. The molecule has 6 nitrogen and oxygen atoms in total. The highest BCUT2D eigenvalue weighted by Crippen LogP contribution is 2.31. The van der Waals surface area contributed by atoms with Crippen molar-refractivity contribution in [3.63, 3.8) is 0 Å². The summed E-state index contributed by atoms with van der Waals surface area (Å²) in [6, 6.07) is 6.73. The minimum atomic E-state index is -4.85. The van der Waals surface area contributed by atoms with E-state index in [-0.39, 0.29) is 3.97 Å². The molecule has 0 fully saturated rings. The molecule has 0 aliphatic heterocycles. The summed E-state index contributed by atoms with van der Waals surface area (Å²) in [7, 11) is -4.85. The van der Waals surface area contributed by atoms with E-state index in [0.717, 1.165) is 18.2 Å². The first-order valence-corrected chi connectivity index (χ1v) is 10.3. The minimum absolute atomic E-state index is 0.0712. The molecule has 0 unspecified atom stereocenters. The zero-order valence-electron chi connectivity index (χ0n) is 15.9. The first-order chi connectivity index (χ1) is 15.5. The van der Waals surface area contributed by atoms with Gasteiger partial charge in [0.25, 0.3) is 10.0 Å². The summed E-state index contributed by atoms with van der Waals surface area (Å²) < 4.78 is 95.9. The summed E-state index contributed by atoms with van der Waals surface area (Å²) in [6.07, 6.45) is 1.49. The Kier molecular flexibility index (Phi) is 5.12. The number of carbonyl (C=O) groups is 3. The molecule has 0 N–H and O–H groups in total. The van der Waals surface area contributed by atoms with E-state index >= 15 is 0 Å². The maximum absolute atomic E-state index is 14.3. The van der Waals surface area contributed by atoms with Gasteiger partial charge in [0.15, 0.2) is 29.1 Å². The lowest BCUT2D eigenvalue weighted by Crippen LogP contribution is -2.25. The molecule has 168 valence electrons. The SMILES string of the molecule is O=C1C=CC(=O)c2c1cc(C(=O)c1c(F)c(F)c(F)c(F)c1F)n2S(=O)(=O)c1ccccc1. The molecule has 0 atom stereocenters. The van der Waals surface area contributed by atoms with E-state index in [9.17, 15) is 44.8 Å². The monoisotopic (exact) mass is 481 g/mol. The van der Waals surface area contributed by atoms with Crippen molar-refractivity contribution in [2.45, 2.75) is 4.90 Å². The Labute approximate surface area is 181 Å². The predicted molar refractivity (Wildman–Crippen MR) is 101 cm³/mol. The van der Waals surface area contributed by atoms with Crippen LogP contribution in [0.25, 0.3) is 0 Å². The molecule has 2 aromatic carbocycles. The summed E-state index contributed by atoms with van der Waals surface area (Å²) in [5.74, 6) is -16.3. The van der Waals surface area contributed by atoms with E-state index in [0.29, 0.717) is 12.1 Å². The van der Waals surface area contributed by atoms with Gasteiger partial charge in [-0.3, -0.25) is 14.4 Å². The molecular formula is C21H8F5NO5S. The zero-order chi connectivity index (χ0) is 24.2. The molecule has 0 radical (unpaired) electrons. The van der Waals surface area contributed by atoms with Gasteiger partial charge in [0.1, 0.15) is 17.0 Å². The lowest BCUT2D eigenvalue weighted by Gasteiger charge is -2.14. The Balaban J connectivity index is 2.09. The number of ketones is 3. The fourth-order valence-corrected chi connectivity index (χ4v) is 4.81. The van der Waals surface area contributed by atoms with Gasteiger partial charge in [0.05, 0.1) is 10.5 Å². The van der Waals surface area contributed by atoms with Gasteiger partial charge in [-0.05, 0) is 30.4 Å². The van der Waals surface area contributed by atoms with Gasteiger partial charge in [0, 0.05) is 0 Å². The van der Waals surface area contributed by atoms with Crippen LogP contribution in [0.15, 0.2) is 53.4 Å². The lowest BCUT2D eigenvalue weighted by molar-refractivity contribution is 0.0990. The smallest absolute Gasteiger partial charge is 0.268 e. The van der Waals surface area contributed by atoms with Crippen molar-refractivity contribution in [3.8, 4) is 0 Å². The maximum Gasteiger partial charge on any atom is 0.268 e. The van der Waals surface area contributed by atoms with E-state index in [2.05, 4.69) is 0 Å². The molecule has 0 amide bonds. The number of carbonyl (C=O) groups excluding carboxylic acids is 3. The number of allylic oxidation sites excluding steroid dienone is 2. The third-order valence-corrected chi connectivity index (χ3v) is 6.52. The topological polar surface area (TPSA) is 90.3 Å². The molecule has 1 aliphatic carbocycles. The second-order valence-electron chi connectivity index (χ2n) is 6.71. The second kappa shape index (κ2) is 7.59. The van der Waals surface area contributed by atoms with Crippen LogP contribution in [0, 0.1) is 29.1 Å². The molecular weight excluding hydrogens is 473 g/mol. The predicted octanol–water partition coefficient (Wildman–Crippen LogP) is 3.59. The van der Waals surface area contributed by atoms with E-state index < -0.39 is 83.9 Å². The summed E-state index contributed by atoms with van der Waals surface area (Å²) in [6.45, 7) is 0. The molecule has 0 spiro atoms. The van der Waals surface area contributed by atoms with Crippen molar-refractivity contribution >= 4 is 27.4 Å². The number of benzene rings is 2. The van der Waals surface area contributed by atoms with Gasteiger partial charge in [-0.25, -0.2) is 34.3 Å². The van der Waals surface area contributed by atoms with Crippen LogP contribution in [0.1, 0.15) is 36.9 Å². The highest BCUT2D eigenvalue weighted by atomic mass is 32.2. The standard InChI is InChI=1S/C21H8F5NO5S/c22-15-14(16(23)18(25)19(26)17(15)24)21(30)11-8-10-12(28)6-7-13(29)20(10)27(11)33(31,32)9-4-2-1-3-5-9/h1-8H. The van der Waals surface area contributed by atoms with Crippen LogP contribution >= 0.6 is 0 Å². The van der Waals surface area contributed by atoms with E-state index in [1.807, 2.05) is 0 Å². The van der Waals surface area contributed by atoms with Crippen LogP contribution in [0.5, 0.6) is 0 Å². The fraction of sp³-hybridized carbons (Fsp3) is 0. The normalized spacial score (nSPS) is 13.4. The average molecular weight is 481 g/mol. The van der Waals surface area contributed by atoms with Gasteiger partial charge in [-0.2, -0.15) is 0 Å². The quantitative estimate of drug-likeness (QED) is 0.246. The lowest BCUT2D eigenvalue weighted by atomic mass is 10.0. The van der Waals surface area contributed by atoms with E-state index in [1.54, 1.807) is 0 Å². The van der Waals surface area contributed by atoms with Gasteiger partial charge >= 0.3 is 0 Å². The van der Waals surface area contributed by atoms with Crippen LogP contribution < -0.4 is 0 Å². The Morgan fingerprint density at radius 2 is 1.27 bits per heavy atom. The number of halogens is 5. The van der Waals surface area contributed by atoms with Crippen molar-refractivity contribution in [2.75, 3.05) is 0 Å². The Bertz CT molecular complexity index is 1500. The molecule has 1 heterocycles. The third-order valence-electron chi connectivity index (χ3n) is 4.79. The largest absolute Gasteiger partial charge is 0.289 e. The Morgan fingerprint density at radius 3 is 1.85 bits per heavy atom. The number of nitrogens with zero attached hydrogens (tertiary/aromatic N) is 1. The van der Waals surface area contributed by atoms with Crippen molar-refractivity contribution in [2.24, 2.45) is 0 Å². The van der Waals surface area contributed by atoms with Gasteiger partial charge < -0.3 is 0 Å². The molecule has 0 saturated carbocycles. The Hall–Kier alpha value is -3.93. The molecule has 3 aromatic rings. The molecule has 1 aromatic heterocycles. The zero-order valence-corrected chi connectivity index (χ0v) is 16.7. The molecule has 1 aliphatic rings. The van der Waals surface area contributed by atoms with Crippen LogP contribution in [0.2, 0.25) is 0 Å². The van der Waals surface area contributed by atoms with Crippen LogP contribution in [0.3, 0.4) is 0 Å². The summed E-state index contributed by atoms with van der Waals surface area (Å²) in [5, 5.41) is 0. The second-order valence-corrected chi connectivity index (χ2v) is 8.50. The number of fused-ring (bicyclic) bond motifs is 1. The molecule has 12 heteroatoms. The minimum Gasteiger partial charge on any atom is -0.289 e. The summed E-state index contributed by atoms with van der Waals surface area (Å²) in [5.41, 5.74) is -4.54. The van der Waals surface area contributed by atoms with Crippen molar-refractivity contribution < 1.29 is 44.8 Å². The number of rotatable bonds is 4. The molecule has 33 heavy (non-hydrogen) atoms. The van der Waals surface area contributed by atoms with Crippen LogP contribution in [0.4, 0.5) is 22.0 Å². The first kappa shape index (κ1) is 22.3. The van der Waals surface area contributed by atoms with E-state index in [1.165, 1.54) is 18.2 Å². The van der Waals surface area contributed by atoms with Gasteiger partial charge in [-0.1, -0.05) is 18.2 Å².